The molecule has 0 saturated heterocycles. The molecule has 0 aliphatic heterocycles. The van der Waals surface area contributed by atoms with Crippen molar-refractivity contribution in [1.29, 1.82) is 0 Å². The highest BCUT2D eigenvalue weighted by Gasteiger charge is 2.17. The molecule has 0 radical (unpaired) electrons. The number of aromatic nitrogens is 2. The van der Waals surface area contributed by atoms with Crippen LogP contribution in [-0.4, -0.2) is 27.1 Å². The number of nitrogens with one attached hydrogen (secondary N) is 2. The summed E-state index contributed by atoms with van der Waals surface area (Å²) in [5, 5.41) is 14.9. The van der Waals surface area contributed by atoms with E-state index in [4.69, 9.17) is 5.11 Å². The first kappa shape index (κ1) is 20.2. The van der Waals surface area contributed by atoms with E-state index >= 15 is 0 Å². The number of pyridine rings is 1. The second kappa shape index (κ2) is 8.76. The highest BCUT2D eigenvalue weighted by Crippen LogP contribution is 2.39. The van der Waals surface area contributed by atoms with Gasteiger partial charge in [-0.05, 0) is 55.0 Å². The van der Waals surface area contributed by atoms with Gasteiger partial charge in [-0.3, -0.25) is 10.3 Å². The number of carboxylic acid groups (broad SMARTS) is 1. The molecular weight excluding hydrogens is 412 g/mol. The Labute approximate surface area is 182 Å². The number of benzene rings is 2. The Morgan fingerprint density at radius 3 is 2.35 bits per heavy atom. The molecular formula is C23H18N4O3S. The van der Waals surface area contributed by atoms with E-state index in [0.717, 1.165) is 27.3 Å². The van der Waals surface area contributed by atoms with Crippen LogP contribution in [0.3, 0.4) is 0 Å². The Morgan fingerprint density at radius 1 is 0.935 bits per heavy atom. The largest absolute Gasteiger partial charge is 0.478 e. The molecule has 31 heavy (non-hydrogen) atoms. The van der Waals surface area contributed by atoms with E-state index < -0.39 is 12.0 Å². The molecule has 2 aromatic heterocycles. The molecule has 0 atom stereocenters. The molecule has 0 bridgehead atoms. The summed E-state index contributed by atoms with van der Waals surface area (Å²) in [6.07, 6.45) is 3.44. The van der Waals surface area contributed by atoms with Gasteiger partial charge in [0.05, 0.1) is 16.1 Å². The summed E-state index contributed by atoms with van der Waals surface area (Å²) >= 11 is 1.37. The molecule has 0 aliphatic rings. The van der Waals surface area contributed by atoms with E-state index in [1.54, 1.807) is 12.4 Å². The van der Waals surface area contributed by atoms with Gasteiger partial charge in [-0.1, -0.05) is 35.1 Å². The van der Waals surface area contributed by atoms with Crippen molar-refractivity contribution >= 4 is 34.2 Å². The molecule has 2 amide bonds. The van der Waals surface area contributed by atoms with Gasteiger partial charge in [-0.2, -0.15) is 0 Å². The van der Waals surface area contributed by atoms with E-state index in [-0.39, 0.29) is 5.56 Å². The predicted octanol–water partition coefficient (Wildman–Crippen LogP) is 5.52. The number of urea groups is 1. The summed E-state index contributed by atoms with van der Waals surface area (Å²) in [4.78, 5) is 33.1. The van der Waals surface area contributed by atoms with Gasteiger partial charge in [0.1, 0.15) is 0 Å². The Hall–Kier alpha value is -4.04. The highest BCUT2D eigenvalue weighted by molar-refractivity contribution is 7.19. The molecule has 8 heteroatoms. The fraction of sp³-hybridized carbons (Fsp3) is 0.0435. The molecule has 0 saturated carbocycles. The number of carboxylic acids is 1. The fourth-order valence-corrected chi connectivity index (χ4v) is 4.00. The number of carbonyl (C=O) groups excluding carboxylic acids is 1. The van der Waals surface area contributed by atoms with Crippen molar-refractivity contribution in [2.45, 2.75) is 6.92 Å². The first-order chi connectivity index (χ1) is 15.0. The van der Waals surface area contributed by atoms with Crippen molar-refractivity contribution in [2.75, 3.05) is 10.6 Å². The van der Waals surface area contributed by atoms with E-state index in [9.17, 15) is 9.59 Å². The zero-order valence-corrected chi connectivity index (χ0v) is 17.3. The molecule has 0 fully saturated rings. The van der Waals surface area contributed by atoms with Crippen molar-refractivity contribution in [3.63, 3.8) is 0 Å². The number of carbonyl (C=O) groups is 2. The minimum absolute atomic E-state index is 0.149. The van der Waals surface area contributed by atoms with Crippen LogP contribution in [0, 0.1) is 6.92 Å². The third-order valence-corrected chi connectivity index (χ3v) is 5.49. The van der Waals surface area contributed by atoms with Crippen LogP contribution in [0.5, 0.6) is 0 Å². The van der Waals surface area contributed by atoms with Crippen LogP contribution in [0.1, 0.15) is 15.9 Å². The van der Waals surface area contributed by atoms with Crippen molar-refractivity contribution in [2.24, 2.45) is 0 Å². The minimum Gasteiger partial charge on any atom is -0.478 e. The van der Waals surface area contributed by atoms with Gasteiger partial charge in [0.15, 0.2) is 5.13 Å². The lowest BCUT2D eigenvalue weighted by Crippen LogP contribution is -2.19. The van der Waals surface area contributed by atoms with Crippen LogP contribution in [0.15, 0.2) is 73.1 Å². The number of amides is 2. The third kappa shape index (κ3) is 4.76. The molecule has 2 heterocycles. The number of anilines is 2. The molecule has 2 aromatic carbocycles. The number of hydrogen-bond donors (Lipinski definition) is 3. The average molecular weight is 430 g/mol. The first-order valence-corrected chi connectivity index (χ1v) is 10.2. The molecule has 0 unspecified atom stereocenters. The number of hydrogen-bond acceptors (Lipinski definition) is 5. The minimum atomic E-state index is -1.02. The molecule has 3 N–H and O–H groups in total. The smallest absolute Gasteiger partial charge is 0.335 e. The Balaban J connectivity index is 1.60. The Kier molecular flexibility index (Phi) is 5.72. The maximum absolute atomic E-state index is 12.5. The summed E-state index contributed by atoms with van der Waals surface area (Å²) in [6, 6.07) is 17.3. The number of thiazole rings is 1. The third-order valence-electron chi connectivity index (χ3n) is 4.47. The normalized spacial score (nSPS) is 10.5. The lowest BCUT2D eigenvalue weighted by molar-refractivity contribution is 0.0697. The van der Waals surface area contributed by atoms with E-state index in [1.807, 2.05) is 43.3 Å². The molecule has 4 rings (SSSR count). The lowest BCUT2D eigenvalue weighted by Gasteiger charge is -2.05. The van der Waals surface area contributed by atoms with Crippen LogP contribution in [0.4, 0.5) is 15.6 Å². The van der Waals surface area contributed by atoms with Crippen LogP contribution in [0.2, 0.25) is 0 Å². The van der Waals surface area contributed by atoms with Gasteiger partial charge in [0.2, 0.25) is 0 Å². The summed E-state index contributed by atoms with van der Waals surface area (Å²) in [7, 11) is 0. The molecule has 4 aromatic rings. The number of aryl methyl sites for hydroxylation is 1. The summed E-state index contributed by atoms with van der Waals surface area (Å²) in [6.45, 7) is 2.02. The van der Waals surface area contributed by atoms with Gasteiger partial charge in [0.25, 0.3) is 0 Å². The zero-order valence-electron chi connectivity index (χ0n) is 16.5. The van der Waals surface area contributed by atoms with Crippen molar-refractivity contribution in [3.8, 4) is 21.7 Å². The van der Waals surface area contributed by atoms with Crippen molar-refractivity contribution in [1.82, 2.24) is 9.97 Å². The van der Waals surface area contributed by atoms with Gasteiger partial charge >= 0.3 is 12.0 Å². The fourth-order valence-electron chi connectivity index (χ4n) is 3.02. The van der Waals surface area contributed by atoms with Gasteiger partial charge in [-0.15, -0.1) is 0 Å². The van der Waals surface area contributed by atoms with E-state index in [0.29, 0.717) is 10.8 Å². The molecule has 0 aliphatic carbocycles. The lowest BCUT2D eigenvalue weighted by atomic mass is 10.1. The number of rotatable bonds is 5. The number of aromatic carboxylic acids is 1. The predicted molar refractivity (Wildman–Crippen MR) is 122 cm³/mol. The monoisotopic (exact) mass is 430 g/mol. The van der Waals surface area contributed by atoms with Crippen molar-refractivity contribution < 1.29 is 14.7 Å². The summed E-state index contributed by atoms with van der Waals surface area (Å²) < 4.78 is 0. The second-order valence-corrected chi connectivity index (χ2v) is 7.76. The van der Waals surface area contributed by atoms with Crippen LogP contribution in [0.25, 0.3) is 21.7 Å². The quantitative estimate of drug-likeness (QED) is 0.387. The molecule has 0 spiro atoms. The maximum atomic E-state index is 12.5. The Bertz CT molecular complexity index is 1240. The van der Waals surface area contributed by atoms with Gasteiger partial charge in [0, 0.05) is 23.6 Å². The molecule has 154 valence electrons. The van der Waals surface area contributed by atoms with E-state index in [1.165, 1.54) is 35.6 Å². The topological polar surface area (TPSA) is 104 Å². The van der Waals surface area contributed by atoms with Crippen LogP contribution < -0.4 is 10.6 Å². The number of nitrogens with zero attached hydrogens (tertiary/aromatic N) is 2. The molecule has 7 nitrogen and oxygen atoms in total. The van der Waals surface area contributed by atoms with Gasteiger partial charge in [-0.25, -0.2) is 14.6 Å². The maximum Gasteiger partial charge on any atom is 0.335 e. The van der Waals surface area contributed by atoms with E-state index in [2.05, 4.69) is 20.6 Å². The van der Waals surface area contributed by atoms with Gasteiger partial charge < -0.3 is 10.4 Å². The Morgan fingerprint density at radius 2 is 1.68 bits per heavy atom. The highest BCUT2D eigenvalue weighted by atomic mass is 32.1. The van der Waals surface area contributed by atoms with Crippen LogP contribution in [-0.2, 0) is 0 Å². The second-order valence-electron chi connectivity index (χ2n) is 6.76. The van der Waals surface area contributed by atoms with Crippen molar-refractivity contribution in [3.05, 3.63) is 84.2 Å². The standard InChI is InChI=1S/C23H18N4O3S/c1-14-3-2-4-17(13-14)19-20(15-9-11-24-12-10-15)31-23(26-19)27-22(30)25-18-7-5-16(6-8-18)21(28)29/h2-13H,1H3,(H,28,29)(H2,25,26,27,30). The first-order valence-electron chi connectivity index (χ1n) is 9.39. The SMILES string of the molecule is Cc1cccc(-c2nc(NC(=O)Nc3ccc(C(=O)O)cc3)sc2-c2ccncc2)c1. The summed E-state index contributed by atoms with van der Waals surface area (Å²) in [5.41, 5.74) is 4.44. The average Bonchev–Trinajstić information content (AvgIpc) is 3.18. The summed E-state index contributed by atoms with van der Waals surface area (Å²) in [5.74, 6) is -1.02. The van der Waals surface area contributed by atoms with Crippen LogP contribution >= 0.6 is 11.3 Å². The zero-order chi connectivity index (χ0) is 21.8.